The zero-order valence-electron chi connectivity index (χ0n) is 11.0. The monoisotopic (exact) mass is 300 g/mol. The van der Waals surface area contributed by atoms with Gasteiger partial charge in [0.25, 0.3) is 5.12 Å². The molecule has 3 heterocycles. The summed E-state index contributed by atoms with van der Waals surface area (Å²) in [5.74, 6) is 0. The van der Waals surface area contributed by atoms with Gasteiger partial charge in [-0.15, -0.1) is 0 Å². The Morgan fingerprint density at radius 3 is 2.67 bits per heavy atom. The van der Waals surface area contributed by atoms with Crippen LogP contribution >= 0.6 is 11.8 Å². The van der Waals surface area contributed by atoms with Crippen LogP contribution in [-0.4, -0.2) is 33.1 Å². The Morgan fingerprint density at radius 1 is 1.05 bits per heavy atom. The van der Waals surface area contributed by atoms with Crippen molar-refractivity contribution in [1.82, 2.24) is 19.9 Å². The number of fused-ring (bicyclic) bond motifs is 1. The number of aromatic amines is 1. The van der Waals surface area contributed by atoms with Gasteiger partial charge < -0.3 is 14.5 Å². The Kier molecular flexibility index (Phi) is 3.10. The molecule has 1 N–H and O–H groups in total. The normalized spacial score (nSPS) is 17.3. The molecule has 0 aliphatic carbocycles. The van der Waals surface area contributed by atoms with Crippen LogP contribution in [0.4, 0.5) is 0 Å². The number of benzene rings is 1. The lowest BCUT2D eigenvalue weighted by Gasteiger charge is -2.26. The van der Waals surface area contributed by atoms with E-state index in [0.29, 0.717) is 18.9 Å². The predicted molar refractivity (Wildman–Crippen MR) is 77.6 cm³/mol. The summed E-state index contributed by atoms with van der Waals surface area (Å²) in [4.78, 5) is 15.7. The van der Waals surface area contributed by atoms with E-state index in [4.69, 9.17) is 9.47 Å². The molecule has 6 nitrogen and oxygen atoms in total. The molecule has 1 aliphatic rings. The molecule has 1 aliphatic heterocycles. The summed E-state index contributed by atoms with van der Waals surface area (Å²) in [6.07, 6.45) is 3.11. The molecule has 21 heavy (non-hydrogen) atoms. The van der Waals surface area contributed by atoms with Gasteiger partial charge in [-0.05, 0) is 11.8 Å². The average Bonchev–Trinajstić information content (AvgIpc) is 3.18. The molecular formula is C14H12N4O2S. The highest BCUT2D eigenvalue weighted by molar-refractivity contribution is 8.00. The van der Waals surface area contributed by atoms with Crippen LogP contribution in [0, 0.1) is 0 Å². The molecule has 0 amide bonds. The van der Waals surface area contributed by atoms with E-state index in [1.807, 2.05) is 30.3 Å². The van der Waals surface area contributed by atoms with E-state index < -0.39 is 5.12 Å². The first-order valence-electron chi connectivity index (χ1n) is 6.54. The maximum absolute atomic E-state index is 5.90. The molecule has 106 valence electrons. The molecule has 0 atom stereocenters. The fourth-order valence-corrected chi connectivity index (χ4v) is 3.41. The lowest BCUT2D eigenvalue weighted by molar-refractivity contribution is -0.0816. The summed E-state index contributed by atoms with van der Waals surface area (Å²) in [5, 5.41) is -0.114. The number of hydrogen-bond acceptors (Lipinski definition) is 6. The number of aromatic nitrogens is 4. The largest absolute Gasteiger partial charge is 0.341 e. The second-order valence-corrected chi connectivity index (χ2v) is 5.63. The number of nitrogens with zero attached hydrogens (tertiary/aromatic N) is 3. The summed E-state index contributed by atoms with van der Waals surface area (Å²) >= 11 is 1.42. The van der Waals surface area contributed by atoms with Gasteiger partial charge in [-0.25, -0.2) is 15.0 Å². The molecule has 0 spiro atoms. The summed E-state index contributed by atoms with van der Waals surface area (Å²) in [7, 11) is 0. The Labute approximate surface area is 124 Å². The van der Waals surface area contributed by atoms with Crippen molar-refractivity contribution in [2.24, 2.45) is 0 Å². The van der Waals surface area contributed by atoms with Gasteiger partial charge in [0.1, 0.15) is 16.9 Å². The zero-order valence-corrected chi connectivity index (χ0v) is 11.8. The summed E-state index contributed by atoms with van der Waals surface area (Å²) < 4.78 is 11.8. The van der Waals surface area contributed by atoms with E-state index in [0.717, 1.165) is 16.1 Å². The molecule has 1 fully saturated rings. The Bertz CT molecular complexity index is 756. The quantitative estimate of drug-likeness (QED) is 0.748. The highest BCUT2D eigenvalue weighted by atomic mass is 32.2. The molecule has 0 radical (unpaired) electrons. The van der Waals surface area contributed by atoms with Gasteiger partial charge in [0.2, 0.25) is 0 Å². The number of H-pyrrole nitrogens is 1. The fraction of sp³-hybridized carbons (Fsp3) is 0.214. The van der Waals surface area contributed by atoms with E-state index >= 15 is 0 Å². The molecule has 1 aromatic carbocycles. The van der Waals surface area contributed by atoms with E-state index in [1.54, 1.807) is 6.33 Å². The fourth-order valence-electron chi connectivity index (χ4n) is 2.27. The van der Waals surface area contributed by atoms with Crippen LogP contribution in [-0.2, 0) is 14.6 Å². The van der Waals surface area contributed by atoms with Crippen molar-refractivity contribution in [2.75, 3.05) is 13.2 Å². The summed E-state index contributed by atoms with van der Waals surface area (Å²) in [6.45, 7) is 1.11. The minimum Gasteiger partial charge on any atom is -0.341 e. The summed E-state index contributed by atoms with van der Waals surface area (Å²) in [5.41, 5.74) is 2.38. The predicted octanol–water partition coefficient (Wildman–Crippen LogP) is 2.30. The van der Waals surface area contributed by atoms with Crippen molar-refractivity contribution < 1.29 is 9.47 Å². The van der Waals surface area contributed by atoms with Crippen molar-refractivity contribution in [2.45, 2.75) is 10.1 Å². The first kappa shape index (κ1) is 12.8. The minimum absolute atomic E-state index is 0.555. The van der Waals surface area contributed by atoms with Crippen LogP contribution < -0.4 is 0 Å². The smallest absolute Gasteiger partial charge is 0.252 e. The Balaban J connectivity index is 1.78. The van der Waals surface area contributed by atoms with Crippen LogP contribution in [0.25, 0.3) is 11.2 Å². The van der Waals surface area contributed by atoms with Gasteiger partial charge in [-0.3, -0.25) is 0 Å². The molecule has 3 aromatic rings. The number of imidazole rings is 1. The zero-order chi connectivity index (χ0) is 14.1. The first-order chi connectivity index (χ1) is 10.4. The molecule has 4 rings (SSSR count). The van der Waals surface area contributed by atoms with Gasteiger partial charge in [-0.2, -0.15) is 0 Å². The second kappa shape index (κ2) is 5.10. The van der Waals surface area contributed by atoms with Crippen molar-refractivity contribution in [3.63, 3.8) is 0 Å². The highest BCUT2D eigenvalue weighted by Crippen LogP contribution is 2.46. The Hall–Kier alpha value is -1.96. The summed E-state index contributed by atoms with van der Waals surface area (Å²) in [6, 6.07) is 9.88. The number of hydrogen-bond donors (Lipinski definition) is 1. The van der Waals surface area contributed by atoms with Crippen LogP contribution in [0.5, 0.6) is 0 Å². The average molecular weight is 300 g/mol. The van der Waals surface area contributed by atoms with E-state index in [2.05, 4.69) is 19.9 Å². The molecule has 2 aromatic heterocycles. The third kappa shape index (κ3) is 2.19. The van der Waals surface area contributed by atoms with Crippen LogP contribution in [0.3, 0.4) is 0 Å². The van der Waals surface area contributed by atoms with Crippen molar-refractivity contribution in [1.29, 1.82) is 0 Å². The molecule has 1 saturated heterocycles. The number of ether oxygens (including phenoxy) is 2. The lowest BCUT2D eigenvalue weighted by Crippen LogP contribution is -2.22. The maximum atomic E-state index is 5.90. The van der Waals surface area contributed by atoms with Crippen LogP contribution in [0.15, 0.2) is 48.0 Å². The molecule has 0 saturated carbocycles. The standard InChI is InChI=1S/C14H12N4O2S/c1-2-4-10(5-3-1)14(19-6-7-20-14)21-13-11-12(16-8-15-11)17-9-18-13/h1-5,8-9H,6-7H2,(H,15,16,17,18). The molecular weight excluding hydrogens is 288 g/mol. The Morgan fingerprint density at radius 2 is 1.86 bits per heavy atom. The van der Waals surface area contributed by atoms with Gasteiger partial charge in [0.05, 0.1) is 19.5 Å². The number of thioether (sulfide) groups is 1. The first-order valence-corrected chi connectivity index (χ1v) is 7.36. The topological polar surface area (TPSA) is 72.9 Å². The lowest BCUT2D eigenvalue weighted by atomic mass is 10.2. The van der Waals surface area contributed by atoms with Gasteiger partial charge in [0, 0.05) is 5.56 Å². The SMILES string of the molecule is c1ccc(C2(Sc3ncnc4nc[nH]c34)OCCO2)cc1. The third-order valence-corrected chi connectivity index (χ3v) is 4.46. The van der Waals surface area contributed by atoms with E-state index in [9.17, 15) is 0 Å². The second-order valence-electron chi connectivity index (χ2n) is 4.50. The highest BCUT2D eigenvalue weighted by Gasteiger charge is 2.41. The van der Waals surface area contributed by atoms with Gasteiger partial charge in [-0.1, -0.05) is 30.3 Å². The van der Waals surface area contributed by atoms with Crippen LogP contribution in [0.1, 0.15) is 5.56 Å². The van der Waals surface area contributed by atoms with Crippen molar-refractivity contribution >= 4 is 22.9 Å². The van der Waals surface area contributed by atoms with Gasteiger partial charge >= 0.3 is 0 Å². The van der Waals surface area contributed by atoms with Crippen molar-refractivity contribution in [3.05, 3.63) is 48.5 Å². The minimum atomic E-state index is -0.867. The van der Waals surface area contributed by atoms with Gasteiger partial charge in [0.15, 0.2) is 5.65 Å². The number of rotatable bonds is 3. The van der Waals surface area contributed by atoms with Crippen molar-refractivity contribution in [3.8, 4) is 0 Å². The molecule has 0 bridgehead atoms. The van der Waals surface area contributed by atoms with E-state index in [1.165, 1.54) is 18.1 Å². The van der Waals surface area contributed by atoms with Crippen LogP contribution in [0.2, 0.25) is 0 Å². The molecule has 0 unspecified atom stereocenters. The van der Waals surface area contributed by atoms with E-state index in [-0.39, 0.29) is 0 Å². The molecule has 7 heteroatoms. The third-order valence-electron chi connectivity index (χ3n) is 3.21. The number of nitrogens with one attached hydrogen (secondary N) is 1. The maximum Gasteiger partial charge on any atom is 0.252 e.